The zero-order chi connectivity index (χ0) is 19.8. The van der Waals surface area contributed by atoms with Gasteiger partial charge in [-0.15, -0.1) is 0 Å². The SMILES string of the molecule is Cc1cc(C(=O)O)cc(S(=O)(=O)NCCn2c(C)nc3ccccc32)c1C. The summed E-state index contributed by atoms with van der Waals surface area (Å²) in [5, 5.41) is 9.20. The van der Waals surface area contributed by atoms with Crippen LogP contribution in [0.15, 0.2) is 41.3 Å². The lowest BCUT2D eigenvalue weighted by Gasteiger charge is -2.13. The van der Waals surface area contributed by atoms with Crippen molar-refractivity contribution in [1.82, 2.24) is 14.3 Å². The van der Waals surface area contributed by atoms with Gasteiger partial charge in [-0.2, -0.15) is 0 Å². The molecular weight excluding hydrogens is 366 g/mol. The predicted octanol–water partition coefficient (Wildman–Crippen LogP) is 2.64. The van der Waals surface area contributed by atoms with E-state index in [1.165, 1.54) is 12.1 Å². The number of carboxylic acids is 1. The molecule has 0 amide bonds. The molecule has 0 spiro atoms. The third-order valence-electron chi connectivity index (χ3n) is 4.63. The van der Waals surface area contributed by atoms with Crippen LogP contribution in [-0.2, 0) is 16.6 Å². The molecule has 8 heteroatoms. The molecule has 0 radical (unpaired) electrons. The molecule has 1 heterocycles. The molecule has 0 saturated heterocycles. The maximum atomic E-state index is 12.7. The number of aromatic carboxylic acids is 1. The number of aryl methyl sites for hydroxylation is 2. The second kappa shape index (κ2) is 7.13. The van der Waals surface area contributed by atoms with Crippen molar-refractivity contribution in [3.8, 4) is 0 Å². The van der Waals surface area contributed by atoms with Gasteiger partial charge < -0.3 is 9.67 Å². The van der Waals surface area contributed by atoms with Crippen LogP contribution in [0.1, 0.15) is 27.3 Å². The van der Waals surface area contributed by atoms with Gasteiger partial charge in [0.1, 0.15) is 5.82 Å². The first-order valence-electron chi connectivity index (χ1n) is 8.47. The number of para-hydroxylation sites is 2. The Kier molecular flexibility index (Phi) is 5.03. The Morgan fingerprint density at radius 1 is 1.19 bits per heavy atom. The van der Waals surface area contributed by atoms with Gasteiger partial charge in [0.15, 0.2) is 0 Å². The molecule has 0 saturated carbocycles. The molecule has 0 fully saturated rings. The highest BCUT2D eigenvalue weighted by Crippen LogP contribution is 2.21. The Labute approximate surface area is 157 Å². The number of carbonyl (C=O) groups is 1. The van der Waals surface area contributed by atoms with Gasteiger partial charge >= 0.3 is 5.97 Å². The fourth-order valence-electron chi connectivity index (χ4n) is 3.08. The number of fused-ring (bicyclic) bond motifs is 1. The van der Waals surface area contributed by atoms with Crippen LogP contribution in [0.25, 0.3) is 11.0 Å². The number of hydrogen-bond donors (Lipinski definition) is 2. The molecule has 3 aromatic rings. The Balaban J connectivity index is 1.83. The number of imidazole rings is 1. The fraction of sp³-hybridized carbons (Fsp3) is 0.263. The third-order valence-corrected chi connectivity index (χ3v) is 6.22. The van der Waals surface area contributed by atoms with Crippen molar-refractivity contribution >= 4 is 27.0 Å². The van der Waals surface area contributed by atoms with Gasteiger partial charge in [0.2, 0.25) is 10.0 Å². The second-order valence-corrected chi connectivity index (χ2v) is 8.15. The molecule has 27 heavy (non-hydrogen) atoms. The molecule has 0 bridgehead atoms. The van der Waals surface area contributed by atoms with E-state index in [1.807, 2.05) is 35.8 Å². The third kappa shape index (κ3) is 3.72. The molecule has 2 aromatic carbocycles. The van der Waals surface area contributed by atoms with E-state index in [2.05, 4.69) is 9.71 Å². The van der Waals surface area contributed by atoms with E-state index in [4.69, 9.17) is 0 Å². The Morgan fingerprint density at radius 2 is 1.89 bits per heavy atom. The molecule has 0 aliphatic heterocycles. The van der Waals surface area contributed by atoms with Crippen molar-refractivity contribution in [2.24, 2.45) is 0 Å². The van der Waals surface area contributed by atoms with E-state index in [1.54, 1.807) is 13.8 Å². The molecule has 0 atom stereocenters. The fourth-order valence-corrected chi connectivity index (χ4v) is 4.44. The molecule has 2 N–H and O–H groups in total. The van der Waals surface area contributed by atoms with Crippen LogP contribution >= 0.6 is 0 Å². The first-order chi connectivity index (χ1) is 12.7. The maximum absolute atomic E-state index is 12.7. The Morgan fingerprint density at radius 3 is 2.59 bits per heavy atom. The van der Waals surface area contributed by atoms with Gasteiger partial charge in [0.05, 0.1) is 21.5 Å². The number of sulfonamides is 1. The lowest BCUT2D eigenvalue weighted by atomic mass is 10.1. The van der Waals surface area contributed by atoms with E-state index in [9.17, 15) is 18.3 Å². The molecule has 0 aliphatic carbocycles. The van der Waals surface area contributed by atoms with Crippen molar-refractivity contribution in [2.75, 3.05) is 6.54 Å². The molecule has 0 aliphatic rings. The van der Waals surface area contributed by atoms with Crippen molar-refractivity contribution < 1.29 is 18.3 Å². The van der Waals surface area contributed by atoms with E-state index in [-0.39, 0.29) is 17.0 Å². The number of carboxylic acid groups (broad SMARTS) is 1. The van der Waals surface area contributed by atoms with Crippen molar-refractivity contribution in [3.05, 3.63) is 58.9 Å². The monoisotopic (exact) mass is 387 g/mol. The topological polar surface area (TPSA) is 101 Å². The molecule has 0 unspecified atom stereocenters. The summed E-state index contributed by atoms with van der Waals surface area (Å²) in [5.41, 5.74) is 2.91. The Bertz CT molecular complexity index is 1130. The molecule has 142 valence electrons. The van der Waals surface area contributed by atoms with Crippen LogP contribution in [-0.4, -0.2) is 35.6 Å². The first kappa shape index (κ1) is 19.1. The summed E-state index contributed by atoms with van der Waals surface area (Å²) < 4.78 is 30.0. The number of nitrogens with one attached hydrogen (secondary N) is 1. The summed E-state index contributed by atoms with van der Waals surface area (Å²) in [6.07, 6.45) is 0. The molecule has 7 nitrogen and oxygen atoms in total. The van der Waals surface area contributed by atoms with E-state index >= 15 is 0 Å². The standard InChI is InChI=1S/C19H21N3O4S/c1-12-10-15(19(23)24)11-18(13(12)2)27(25,26)20-8-9-22-14(3)21-16-6-4-5-7-17(16)22/h4-7,10-11,20H,8-9H2,1-3H3,(H,23,24). The number of aromatic nitrogens is 2. The molecular formula is C19H21N3O4S. The van der Waals surface area contributed by atoms with Crippen LogP contribution in [0.4, 0.5) is 0 Å². The number of rotatable bonds is 6. The predicted molar refractivity (Wildman–Crippen MR) is 103 cm³/mol. The van der Waals surface area contributed by atoms with E-state index in [0.29, 0.717) is 17.7 Å². The highest BCUT2D eigenvalue weighted by atomic mass is 32.2. The van der Waals surface area contributed by atoms with E-state index < -0.39 is 16.0 Å². The van der Waals surface area contributed by atoms with Crippen molar-refractivity contribution in [1.29, 1.82) is 0 Å². The van der Waals surface area contributed by atoms with Gasteiger partial charge in [-0.25, -0.2) is 22.9 Å². The molecule has 3 rings (SSSR count). The lowest BCUT2D eigenvalue weighted by Crippen LogP contribution is -2.28. The molecule has 1 aromatic heterocycles. The average molecular weight is 387 g/mol. The smallest absolute Gasteiger partial charge is 0.335 e. The summed E-state index contributed by atoms with van der Waals surface area (Å²) in [6.45, 7) is 5.82. The summed E-state index contributed by atoms with van der Waals surface area (Å²) in [5.74, 6) is -0.356. The largest absolute Gasteiger partial charge is 0.478 e. The zero-order valence-corrected chi connectivity index (χ0v) is 16.2. The minimum atomic E-state index is -3.84. The minimum absolute atomic E-state index is 0.00730. The van der Waals surface area contributed by atoms with Gasteiger partial charge in [-0.3, -0.25) is 0 Å². The minimum Gasteiger partial charge on any atom is -0.478 e. The number of hydrogen-bond acceptors (Lipinski definition) is 4. The van der Waals surface area contributed by atoms with Crippen molar-refractivity contribution in [2.45, 2.75) is 32.2 Å². The van der Waals surface area contributed by atoms with Crippen LogP contribution in [0.2, 0.25) is 0 Å². The quantitative estimate of drug-likeness (QED) is 0.677. The van der Waals surface area contributed by atoms with Crippen LogP contribution in [0.5, 0.6) is 0 Å². The summed E-state index contributed by atoms with van der Waals surface area (Å²) in [7, 11) is -3.84. The number of nitrogens with zero attached hydrogens (tertiary/aromatic N) is 2. The van der Waals surface area contributed by atoms with E-state index in [0.717, 1.165) is 16.9 Å². The lowest BCUT2D eigenvalue weighted by molar-refractivity contribution is 0.0696. The van der Waals surface area contributed by atoms with Crippen LogP contribution < -0.4 is 4.72 Å². The summed E-state index contributed by atoms with van der Waals surface area (Å²) in [4.78, 5) is 15.7. The number of benzene rings is 2. The maximum Gasteiger partial charge on any atom is 0.335 e. The Hall–Kier alpha value is -2.71. The first-order valence-corrected chi connectivity index (χ1v) is 9.95. The highest BCUT2D eigenvalue weighted by molar-refractivity contribution is 7.89. The summed E-state index contributed by atoms with van der Waals surface area (Å²) in [6, 6.07) is 10.3. The van der Waals surface area contributed by atoms with Gasteiger partial charge in [0.25, 0.3) is 0 Å². The van der Waals surface area contributed by atoms with Crippen LogP contribution in [0, 0.1) is 20.8 Å². The average Bonchev–Trinajstić information content (AvgIpc) is 2.92. The van der Waals surface area contributed by atoms with Gasteiger partial charge in [-0.05, 0) is 56.2 Å². The highest BCUT2D eigenvalue weighted by Gasteiger charge is 2.20. The normalized spacial score (nSPS) is 11.8. The van der Waals surface area contributed by atoms with Gasteiger partial charge in [-0.1, -0.05) is 12.1 Å². The van der Waals surface area contributed by atoms with Crippen molar-refractivity contribution in [3.63, 3.8) is 0 Å². The van der Waals surface area contributed by atoms with Crippen LogP contribution in [0.3, 0.4) is 0 Å². The summed E-state index contributed by atoms with van der Waals surface area (Å²) >= 11 is 0. The second-order valence-electron chi connectivity index (χ2n) is 6.42. The zero-order valence-electron chi connectivity index (χ0n) is 15.4. The van der Waals surface area contributed by atoms with Gasteiger partial charge in [0, 0.05) is 13.1 Å².